The van der Waals surface area contributed by atoms with Crippen molar-refractivity contribution < 1.29 is 13.9 Å². The van der Waals surface area contributed by atoms with Crippen LogP contribution in [0.15, 0.2) is 28.2 Å². The van der Waals surface area contributed by atoms with Gasteiger partial charge in [0.1, 0.15) is 11.4 Å². The number of ether oxygens (including phenoxy) is 1. The summed E-state index contributed by atoms with van der Waals surface area (Å²) in [7, 11) is 0. The topological polar surface area (TPSA) is 39.2 Å². The molecule has 0 aliphatic heterocycles. The summed E-state index contributed by atoms with van der Waals surface area (Å²) in [5.74, 6) is -0.953. The number of halogens is 2. The van der Waals surface area contributed by atoms with Gasteiger partial charge >= 0.3 is 5.97 Å². The first-order valence-electron chi connectivity index (χ1n) is 5.92. The van der Waals surface area contributed by atoms with Crippen molar-refractivity contribution in [3.63, 3.8) is 0 Å². The largest absolute Gasteiger partial charge is 0.455 e. The van der Waals surface area contributed by atoms with Crippen molar-refractivity contribution in [3.05, 3.63) is 39.7 Å². The second-order valence-electron chi connectivity index (χ2n) is 5.13. The number of benzene rings is 1. The van der Waals surface area contributed by atoms with Gasteiger partial charge in [-0.1, -0.05) is 18.2 Å². The zero-order valence-electron chi connectivity index (χ0n) is 11.2. The number of esters is 1. The maximum Gasteiger partial charge on any atom is 0.359 e. The molecule has 0 N–H and O–H groups in total. The number of carbonyl (C=O) groups is 1. The normalized spacial score (nSPS) is 11.4. The highest BCUT2D eigenvalue weighted by molar-refractivity contribution is 9.11. The fourth-order valence-corrected chi connectivity index (χ4v) is 3.06. The molecule has 2 rings (SSSR count). The van der Waals surface area contributed by atoms with Crippen LogP contribution in [-0.2, 0) is 4.74 Å². The molecule has 20 heavy (non-hydrogen) atoms. The number of carbonyl (C=O) groups excluding carboxylic acids is 1. The van der Waals surface area contributed by atoms with E-state index in [9.17, 15) is 9.18 Å². The summed E-state index contributed by atoms with van der Waals surface area (Å²) in [6.07, 6.45) is 0. The number of nitrogens with zero attached hydrogens (tertiary/aromatic N) is 1. The molecule has 6 heteroatoms. The predicted molar refractivity (Wildman–Crippen MR) is 80.4 cm³/mol. The summed E-state index contributed by atoms with van der Waals surface area (Å²) in [6, 6.07) is 6.28. The third-order valence-electron chi connectivity index (χ3n) is 2.31. The smallest absolute Gasteiger partial charge is 0.359 e. The molecule has 0 aliphatic carbocycles. The minimum Gasteiger partial charge on any atom is -0.455 e. The van der Waals surface area contributed by atoms with E-state index in [1.54, 1.807) is 39.0 Å². The minimum absolute atomic E-state index is 0.127. The van der Waals surface area contributed by atoms with Crippen molar-refractivity contribution in [2.24, 2.45) is 0 Å². The monoisotopic (exact) mass is 357 g/mol. The summed E-state index contributed by atoms with van der Waals surface area (Å²) < 4.78 is 19.7. The van der Waals surface area contributed by atoms with E-state index in [4.69, 9.17) is 4.74 Å². The quantitative estimate of drug-likeness (QED) is 0.733. The van der Waals surface area contributed by atoms with Crippen LogP contribution in [0.3, 0.4) is 0 Å². The molecular weight excluding hydrogens is 345 g/mol. The average Bonchev–Trinajstić information content (AvgIpc) is 2.69. The van der Waals surface area contributed by atoms with Gasteiger partial charge in [-0.2, -0.15) is 0 Å². The van der Waals surface area contributed by atoms with Gasteiger partial charge in [0.2, 0.25) is 0 Å². The Balaban J connectivity index is 2.46. The summed E-state index contributed by atoms with van der Waals surface area (Å²) in [6.45, 7) is 5.32. The zero-order valence-corrected chi connectivity index (χ0v) is 13.6. The van der Waals surface area contributed by atoms with Crippen molar-refractivity contribution in [1.29, 1.82) is 0 Å². The van der Waals surface area contributed by atoms with Crippen LogP contribution < -0.4 is 0 Å². The van der Waals surface area contributed by atoms with Crippen LogP contribution in [0, 0.1) is 5.82 Å². The van der Waals surface area contributed by atoms with Crippen LogP contribution in [0.4, 0.5) is 4.39 Å². The molecule has 0 amide bonds. The van der Waals surface area contributed by atoms with Crippen LogP contribution in [0.25, 0.3) is 10.4 Å². The van der Waals surface area contributed by atoms with Crippen LogP contribution >= 0.6 is 27.3 Å². The van der Waals surface area contributed by atoms with Crippen molar-refractivity contribution in [1.82, 2.24) is 4.98 Å². The molecule has 0 bridgehead atoms. The Bertz CT molecular complexity index is 649. The molecule has 0 saturated carbocycles. The van der Waals surface area contributed by atoms with Crippen molar-refractivity contribution in [2.75, 3.05) is 0 Å². The average molecular weight is 358 g/mol. The Morgan fingerprint density at radius 2 is 2.00 bits per heavy atom. The van der Waals surface area contributed by atoms with Gasteiger partial charge in [0.05, 0.1) is 4.88 Å². The number of rotatable bonds is 2. The molecule has 0 saturated heterocycles. The Kier molecular flexibility index (Phi) is 4.25. The van der Waals surface area contributed by atoms with Gasteiger partial charge in [-0.05, 0) is 42.8 Å². The van der Waals surface area contributed by atoms with Gasteiger partial charge in [0, 0.05) is 5.56 Å². The van der Waals surface area contributed by atoms with E-state index < -0.39 is 17.4 Å². The van der Waals surface area contributed by atoms with E-state index in [-0.39, 0.29) is 5.69 Å². The van der Waals surface area contributed by atoms with Gasteiger partial charge in [0.15, 0.2) is 9.61 Å². The zero-order chi connectivity index (χ0) is 14.9. The Morgan fingerprint density at radius 3 is 2.60 bits per heavy atom. The van der Waals surface area contributed by atoms with Crippen LogP contribution in [0.1, 0.15) is 31.3 Å². The molecule has 1 heterocycles. The third-order valence-corrected chi connectivity index (χ3v) is 3.85. The summed E-state index contributed by atoms with van der Waals surface area (Å²) >= 11 is 4.43. The third kappa shape index (κ3) is 3.43. The van der Waals surface area contributed by atoms with Gasteiger partial charge in [-0.15, -0.1) is 11.3 Å². The highest BCUT2D eigenvalue weighted by atomic mass is 79.9. The second-order valence-corrected chi connectivity index (χ2v) is 7.40. The lowest BCUT2D eigenvalue weighted by Gasteiger charge is -2.19. The van der Waals surface area contributed by atoms with Gasteiger partial charge < -0.3 is 4.74 Å². The lowest BCUT2D eigenvalue weighted by atomic mass is 10.1. The van der Waals surface area contributed by atoms with Gasteiger partial charge in [-0.25, -0.2) is 14.2 Å². The molecule has 2 aromatic rings. The summed E-state index contributed by atoms with van der Waals surface area (Å²) in [5, 5.41) is 0. The molecule has 1 aromatic carbocycles. The fourth-order valence-electron chi connectivity index (χ4n) is 1.59. The molecule has 3 nitrogen and oxygen atoms in total. The van der Waals surface area contributed by atoms with Gasteiger partial charge in [0.25, 0.3) is 0 Å². The molecule has 106 valence electrons. The maximum absolute atomic E-state index is 13.9. The molecular formula is C14H13BrFNO2S. The number of thiazole rings is 1. The summed E-state index contributed by atoms with van der Waals surface area (Å²) in [5.41, 5.74) is -0.155. The van der Waals surface area contributed by atoms with Crippen LogP contribution in [0.5, 0.6) is 0 Å². The van der Waals surface area contributed by atoms with Crippen LogP contribution in [-0.4, -0.2) is 16.6 Å². The molecule has 0 spiro atoms. The minimum atomic E-state index is -0.625. The van der Waals surface area contributed by atoms with Crippen molar-refractivity contribution in [2.45, 2.75) is 26.4 Å². The molecule has 0 fully saturated rings. The number of aromatic nitrogens is 1. The predicted octanol–water partition coefficient (Wildman–Crippen LogP) is 4.67. The lowest BCUT2D eigenvalue weighted by Crippen LogP contribution is -2.24. The highest BCUT2D eigenvalue weighted by Gasteiger charge is 2.25. The number of hydrogen-bond donors (Lipinski definition) is 0. The number of hydrogen-bond acceptors (Lipinski definition) is 4. The SMILES string of the molecule is CC(C)(C)OC(=O)c1nc(Br)sc1-c1ccccc1F. The maximum atomic E-state index is 13.9. The molecule has 0 aliphatic rings. The first-order valence-corrected chi connectivity index (χ1v) is 7.53. The van der Waals surface area contributed by atoms with E-state index in [1.165, 1.54) is 17.4 Å². The molecule has 0 unspecified atom stereocenters. The van der Waals surface area contributed by atoms with Crippen molar-refractivity contribution >= 4 is 33.2 Å². The second kappa shape index (κ2) is 5.61. The molecule has 1 aromatic heterocycles. The van der Waals surface area contributed by atoms with Crippen molar-refractivity contribution in [3.8, 4) is 10.4 Å². The Labute approximate surface area is 128 Å². The Morgan fingerprint density at radius 1 is 1.35 bits per heavy atom. The standard InChI is InChI=1S/C14H13BrFNO2S/c1-14(2,3)19-12(18)10-11(20-13(15)17-10)8-6-4-5-7-9(8)16/h4-7H,1-3H3. The van der Waals surface area contributed by atoms with Gasteiger partial charge in [-0.3, -0.25) is 0 Å². The Hall–Kier alpha value is -1.27. The summed E-state index contributed by atoms with van der Waals surface area (Å²) in [4.78, 5) is 16.7. The lowest BCUT2D eigenvalue weighted by molar-refractivity contribution is 0.00645. The highest BCUT2D eigenvalue weighted by Crippen LogP contribution is 2.35. The molecule has 0 radical (unpaired) electrons. The van der Waals surface area contributed by atoms with E-state index in [2.05, 4.69) is 20.9 Å². The van der Waals surface area contributed by atoms with Crippen LogP contribution in [0.2, 0.25) is 0 Å². The first-order chi connectivity index (χ1) is 9.28. The van der Waals surface area contributed by atoms with E-state index in [0.717, 1.165) is 0 Å². The first kappa shape index (κ1) is 15.1. The van der Waals surface area contributed by atoms with E-state index >= 15 is 0 Å². The van der Waals surface area contributed by atoms with E-state index in [0.29, 0.717) is 14.4 Å². The molecule has 0 atom stereocenters. The van der Waals surface area contributed by atoms with E-state index in [1.807, 2.05) is 0 Å². The fraction of sp³-hybridized carbons (Fsp3) is 0.286.